The van der Waals surface area contributed by atoms with E-state index in [4.69, 9.17) is 5.84 Å². The van der Waals surface area contributed by atoms with E-state index in [0.717, 1.165) is 10.7 Å². The van der Waals surface area contributed by atoms with Crippen LogP contribution in [0.1, 0.15) is 34.0 Å². The summed E-state index contributed by atoms with van der Waals surface area (Å²) in [7, 11) is 0. The van der Waals surface area contributed by atoms with Crippen molar-refractivity contribution in [1.29, 1.82) is 0 Å². The second-order valence-electron chi connectivity index (χ2n) is 4.19. The molecule has 20 heavy (non-hydrogen) atoms. The van der Waals surface area contributed by atoms with E-state index in [-0.39, 0.29) is 17.4 Å². The number of rotatable bonds is 4. The van der Waals surface area contributed by atoms with Gasteiger partial charge in [-0.2, -0.15) is 0 Å². The Hall–Kier alpha value is -2.06. The van der Waals surface area contributed by atoms with Gasteiger partial charge in [0.15, 0.2) is 11.6 Å². The highest BCUT2D eigenvalue weighted by Crippen LogP contribution is 2.19. The lowest BCUT2D eigenvalue weighted by Crippen LogP contribution is -2.28. The lowest BCUT2D eigenvalue weighted by Gasteiger charge is -2.12. The molecule has 0 saturated carbocycles. The Morgan fingerprint density at radius 2 is 2.30 bits per heavy atom. The average molecular weight is 295 g/mol. The van der Waals surface area contributed by atoms with Gasteiger partial charge < -0.3 is 10.7 Å². The fourth-order valence-electron chi connectivity index (χ4n) is 1.63. The number of hydrogen-bond donors (Lipinski definition) is 3. The summed E-state index contributed by atoms with van der Waals surface area (Å²) >= 11 is 1.44. The molecule has 0 aliphatic rings. The number of hydrazine groups is 1. The number of aryl methyl sites for hydroxylation is 1. The van der Waals surface area contributed by atoms with Crippen molar-refractivity contribution in [2.24, 2.45) is 5.84 Å². The zero-order valence-electron chi connectivity index (χ0n) is 11.0. The summed E-state index contributed by atoms with van der Waals surface area (Å²) in [4.78, 5) is 20.0. The predicted octanol–water partition coefficient (Wildman–Crippen LogP) is 1.76. The maximum Gasteiger partial charge on any atom is 0.255 e. The Kier molecular flexibility index (Phi) is 4.26. The molecule has 0 saturated heterocycles. The summed E-state index contributed by atoms with van der Waals surface area (Å²) in [6.07, 6.45) is 1.31. The molecule has 1 unspecified atom stereocenters. The Morgan fingerprint density at radius 1 is 1.55 bits per heavy atom. The van der Waals surface area contributed by atoms with Gasteiger partial charge in [-0.1, -0.05) is 0 Å². The van der Waals surface area contributed by atoms with Crippen molar-refractivity contribution in [2.75, 3.05) is 5.43 Å². The van der Waals surface area contributed by atoms with E-state index in [2.05, 4.69) is 20.7 Å². The first-order valence-corrected chi connectivity index (χ1v) is 6.75. The van der Waals surface area contributed by atoms with Crippen molar-refractivity contribution in [3.63, 3.8) is 0 Å². The van der Waals surface area contributed by atoms with E-state index in [1.807, 2.05) is 12.3 Å². The van der Waals surface area contributed by atoms with Gasteiger partial charge in [-0.25, -0.2) is 20.2 Å². The summed E-state index contributed by atoms with van der Waals surface area (Å²) in [5, 5.41) is 5.35. The van der Waals surface area contributed by atoms with Gasteiger partial charge in [0.05, 0.1) is 11.6 Å². The number of nitrogens with zero attached hydrogens (tertiary/aromatic N) is 2. The standard InChI is InChI=1S/C12H14FN5OS/c1-6-5-20-12(16-6)7(2)17-11(19)8-3-4-15-10(18-14)9(8)13/h3-5,7H,14H2,1-2H3,(H,15,18)(H,17,19). The highest BCUT2D eigenvalue weighted by Gasteiger charge is 2.19. The largest absolute Gasteiger partial charge is 0.343 e. The fraction of sp³-hybridized carbons (Fsp3) is 0.250. The van der Waals surface area contributed by atoms with Crippen LogP contribution in [0.3, 0.4) is 0 Å². The Morgan fingerprint density at radius 3 is 2.90 bits per heavy atom. The number of nitrogens with one attached hydrogen (secondary N) is 2. The van der Waals surface area contributed by atoms with Crippen LogP contribution in [-0.4, -0.2) is 15.9 Å². The third-order valence-corrected chi connectivity index (χ3v) is 3.77. The molecule has 0 bridgehead atoms. The van der Waals surface area contributed by atoms with Gasteiger partial charge in [0, 0.05) is 17.3 Å². The molecule has 2 rings (SSSR count). The minimum absolute atomic E-state index is 0.118. The van der Waals surface area contributed by atoms with Crippen LogP contribution in [0, 0.1) is 12.7 Å². The number of nitrogens with two attached hydrogens (primary N) is 1. The number of carbonyl (C=O) groups is 1. The molecule has 2 heterocycles. The molecule has 0 aliphatic carbocycles. The van der Waals surface area contributed by atoms with E-state index >= 15 is 0 Å². The summed E-state index contributed by atoms with van der Waals surface area (Å²) in [6.45, 7) is 3.66. The van der Waals surface area contributed by atoms with Crippen LogP contribution in [0.2, 0.25) is 0 Å². The van der Waals surface area contributed by atoms with Gasteiger partial charge in [-0.15, -0.1) is 11.3 Å². The summed E-state index contributed by atoms with van der Waals surface area (Å²) in [5.41, 5.74) is 2.87. The zero-order chi connectivity index (χ0) is 14.7. The van der Waals surface area contributed by atoms with Crippen molar-refractivity contribution < 1.29 is 9.18 Å². The Labute approximate surface area is 119 Å². The highest BCUT2D eigenvalue weighted by molar-refractivity contribution is 7.09. The zero-order valence-corrected chi connectivity index (χ0v) is 11.8. The molecule has 8 heteroatoms. The molecule has 0 fully saturated rings. The minimum Gasteiger partial charge on any atom is -0.343 e. The van der Waals surface area contributed by atoms with E-state index < -0.39 is 11.7 Å². The molecule has 4 N–H and O–H groups in total. The Balaban J connectivity index is 2.16. The van der Waals surface area contributed by atoms with Crippen molar-refractivity contribution >= 4 is 23.1 Å². The van der Waals surface area contributed by atoms with E-state index in [1.165, 1.54) is 23.6 Å². The lowest BCUT2D eigenvalue weighted by atomic mass is 10.2. The first-order valence-electron chi connectivity index (χ1n) is 5.87. The van der Waals surface area contributed by atoms with E-state index in [9.17, 15) is 9.18 Å². The first kappa shape index (κ1) is 14.4. The quantitative estimate of drug-likeness (QED) is 0.590. The van der Waals surface area contributed by atoms with Crippen molar-refractivity contribution in [1.82, 2.24) is 15.3 Å². The normalized spacial score (nSPS) is 12.0. The van der Waals surface area contributed by atoms with E-state index in [0.29, 0.717) is 0 Å². The average Bonchev–Trinajstić information content (AvgIpc) is 2.85. The molecule has 0 radical (unpaired) electrons. The van der Waals surface area contributed by atoms with Crippen LogP contribution in [-0.2, 0) is 0 Å². The van der Waals surface area contributed by atoms with Crippen molar-refractivity contribution in [3.8, 4) is 0 Å². The number of amides is 1. The van der Waals surface area contributed by atoms with E-state index in [1.54, 1.807) is 6.92 Å². The second kappa shape index (κ2) is 5.93. The second-order valence-corrected chi connectivity index (χ2v) is 5.08. The predicted molar refractivity (Wildman–Crippen MR) is 74.7 cm³/mol. The van der Waals surface area contributed by atoms with Crippen LogP contribution in [0.25, 0.3) is 0 Å². The third kappa shape index (κ3) is 2.91. The molecule has 6 nitrogen and oxygen atoms in total. The molecule has 106 valence electrons. The van der Waals surface area contributed by atoms with Gasteiger partial charge in [0.1, 0.15) is 5.01 Å². The van der Waals surface area contributed by atoms with Crippen LogP contribution >= 0.6 is 11.3 Å². The molecule has 2 aromatic rings. The first-order chi connectivity index (χ1) is 9.52. The third-order valence-electron chi connectivity index (χ3n) is 2.63. The lowest BCUT2D eigenvalue weighted by molar-refractivity contribution is 0.0935. The smallest absolute Gasteiger partial charge is 0.255 e. The molecular formula is C12H14FN5OS. The molecule has 1 atom stereocenters. The van der Waals surface area contributed by atoms with Gasteiger partial charge in [0.25, 0.3) is 5.91 Å². The van der Waals surface area contributed by atoms with Gasteiger partial charge in [-0.05, 0) is 19.9 Å². The number of carbonyl (C=O) groups excluding carboxylic acids is 1. The maximum absolute atomic E-state index is 13.9. The highest BCUT2D eigenvalue weighted by atomic mass is 32.1. The van der Waals surface area contributed by atoms with Crippen LogP contribution in [0.5, 0.6) is 0 Å². The number of anilines is 1. The number of halogens is 1. The summed E-state index contributed by atoms with van der Waals surface area (Å²) < 4.78 is 13.9. The summed E-state index contributed by atoms with van der Waals surface area (Å²) in [6, 6.07) is 0.994. The van der Waals surface area contributed by atoms with Gasteiger partial charge >= 0.3 is 0 Å². The number of pyridine rings is 1. The number of thiazole rings is 1. The number of aromatic nitrogens is 2. The molecule has 0 aliphatic heterocycles. The van der Waals surface area contributed by atoms with Crippen molar-refractivity contribution in [3.05, 3.63) is 39.7 Å². The topological polar surface area (TPSA) is 92.9 Å². The van der Waals surface area contributed by atoms with Crippen LogP contribution in [0.4, 0.5) is 10.2 Å². The maximum atomic E-state index is 13.9. The molecule has 0 aromatic carbocycles. The van der Waals surface area contributed by atoms with Crippen molar-refractivity contribution in [2.45, 2.75) is 19.9 Å². The minimum atomic E-state index is -0.782. The summed E-state index contributed by atoms with van der Waals surface area (Å²) in [5.74, 6) is 3.63. The van der Waals surface area contributed by atoms with Gasteiger partial charge in [0.2, 0.25) is 0 Å². The van der Waals surface area contributed by atoms with Crippen LogP contribution < -0.4 is 16.6 Å². The molecule has 0 spiro atoms. The van der Waals surface area contributed by atoms with Gasteiger partial charge in [-0.3, -0.25) is 4.79 Å². The SMILES string of the molecule is Cc1csc(C(C)NC(=O)c2ccnc(NN)c2F)n1. The number of nitrogen functional groups attached to an aromatic ring is 1. The monoisotopic (exact) mass is 295 g/mol. The fourth-order valence-corrected chi connectivity index (χ4v) is 2.43. The molecule has 2 aromatic heterocycles. The van der Waals surface area contributed by atoms with Crippen LogP contribution in [0.15, 0.2) is 17.6 Å². The Bertz CT molecular complexity index is 630. The molecular weight excluding hydrogens is 281 g/mol. The molecule has 1 amide bonds. The number of hydrogen-bond acceptors (Lipinski definition) is 6.